The van der Waals surface area contributed by atoms with E-state index in [2.05, 4.69) is 10.3 Å². The zero-order valence-electron chi connectivity index (χ0n) is 11.4. The zero-order valence-corrected chi connectivity index (χ0v) is 11.4. The number of pyridine rings is 1. The van der Waals surface area contributed by atoms with Crippen molar-refractivity contribution in [3.05, 3.63) is 30.1 Å². The number of carbonyl (C=O) groups is 1. The van der Waals surface area contributed by atoms with E-state index in [4.69, 9.17) is 5.73 Å². The molecule has 2 atom stereocenters. The Balaban J connectivity index is 1.86. The summed E-state index contributed by atoms with van der Waals surface area (Å²) in [6.07, 6.45) is 5.34. The molecule has 0 radical (unpaired) electrons. The molecule has 1 fully saturated rings. The third-order valence-corrected chi connectivity index (χ3v) is 3.60. The molecule has 2 unspecified atom stereocenters. The molecule has 0 bridgehead atoms. The molecule has 0 aromatic carbocycles. The molecule has 1 aromatic rings. The molecular weight excluding hydrogens is 240 g/mol. The van der Waals surface area contributed by atoms with Crippen molar-refractivity contribution in [2.45, 2.75) is 18.9 Å². The van der Waals surface area contributed by atoms with E-state index in [1.165, 1.54) is 0 Å². The minimum absolute atomic E-state index is 0.104. The summed E-state index contributed by atoms with van der Waals surface area (Å²) in [5, 5.41) is 3.09. The molecule has 0 aliphatic carbocycles. The van der Waals surface area contributed by atoms with Crippen LogP contribution >= 0.6 is 0 Å². The normalized spacial score (nSPS) is 20.5. The minimum Gasteiger partial charge on any atom is -0.338 e. The Labute approximate surface area is 114 Å². The van der Waals surface area contributed by atoms with Crippen LogP contribution in [0.15, 0.2) is 24.5 Å². The van der Waals surface area contributed by atoms with Crippen molar-refractivity contribution in [3.8, 4) is 0 Å². The first kappa shape index (κ1) is 14.0. The lowest BCUT2D eigenvalue weighted by Crippen LogP contribution is -2.35. The number of carbonyl (C=O) groups excluding carboxylic acids is 1. The second kappa shape index (κ2) is 6.63. The highest BCUT2D eigenvalue weighted by Gasteiger charge is 2.27. The molecule has 0 spiro atoms. The maximum Gasteiger partial charge on any atom is 0.253 e. The lowest BCUT2D eigenvalue weighted by Gasteiger charge is -2.18. The SMILES string of the molecule is CNCC(N)CC1CCN(C(=O)c2ccncc2)C1. The van der Waals surface area contributed by atoms with Crippen LogP contribution in [0.25, 0.3) is 0 Å². The Bertz CT molecular complexity index is 409. The fourth-order valence-corrected chi connectivity index (χ4v) is 2.66. The average Bonchev–Trinajstić information content (AvgIpc) is 2.87. The van der Waals surface area contributed by atoms with Gasteiger partial charge in [-0.25, -0.2) is 0 Å². The van der Waals surface area contributed by atoms with Crippen molar-refractivity contribution >= 4 is 5.91 Å². The Morgan fingerprint density at radius 2 is 2.32 bits per heavy atom. The standard InChI is InChI=1S/C14H22N4O/c1-16-9-13(15)8-11-4-7-18(10-11)14(19)12-2-5-17-6-3-12/h2-3,5-6,11,13,16H,4,7-10,15H2,1H3. The fraction of sp³-hybridized carbons (Fsp3) is 0.571. The van der Waals surface area contributed by atoms with E-state index in [0.29, 0.717) is 5.92 Å². The topological polar surface area (TPSA) is 71.2 Å². The zero-order chi connectivity index (χ0) is 13.7. The first-order chi connectivity index (χ1) is 9.20. The van der Waals surface area contributed by atoms with Gasteiger partial charge < -0.3 is 16.0 Å². The summed E-state index contributed by atoms with van der Waals surface area (Å²) in [5.74, 6) is 0.626. The van der Waals surface area contributed by atoms with Crippen LogP contribution in [0.1, 0.15) is 23.2 Å². The summed E-state index contributed by atoms with van der Waals surface area (Å²) in [6.45, 7) is 2.48. The number of hydrogen-bond donors (Lipinski definition) is 2. The van der Waals surface area contributed by atoms with Gasteiger partial charge in [0.05, 0.1) is 0 Å². The fourth-order valence-electron chi connectivity index (χ4n) is 2.66. The number of aromatic nitrogens is 1. The molecule has 0 saturated carbocycles. The van der Waals surface area contributed by atoms with Crippen LogP contribution < -0.4 is 11.1 Å². The van der Waals surface area contributed by atoms with Gasteiger partial charge in [0.25, 0.3) is 5.91 Å². The summed E-state index contributed by atoms with van der Waals surface area (Å²) >= 11 is 0. The van der Waals surface area contributed by atoms with Crippen LogP contribution in [0.3, 0.4) is 0 Å². The maximum absolute atomic E-state index is 12.3. The van der Waals surface area contributed by atoms with Gasteiger partial charge in [-0.15, -0.1) is 0 Å². The van der Waals surface area contributed by atoms with Gasteiger partial charge in [0, 0.05) is 43.6 Å². The van der Waals surface area contributed by atoms with Gasteiger partial charge in [-0.3, -0.25) is 9.78 Å². The summed E-state index contributed by atoms with van der Waals surface area (Å²) in [6, 6.07) is 3.70. The monoisotopic (exact) mass is 262 g/mol. The van der Waals surface area contributed by atoms with Gasteiger partial charge in [0.1, 0.15) is 0 Å². The summed E-state index contributed by atoms with van der Waals surface area (Å²) in [7, 11) is 1.91. The molecule has 5 nitrogen and oxygen atoms in total. The van der Waals surface area contributed by atoms with Gasteiger partial charge in [0.2, 0.25) is 0 Å². The number of hydrogen-bond acceptors (Lipinski definition) is 4. The van der Waals surface area contributed by atoms with Gasteiger partial charge in [0.15, 0.2) is 0 Å². The minimum atomic E-state index is 0.104. The average molecular weight is 262 g/mol. The predicted molar refractivity (Wildman–Crippen MR) is 74.8 cm³/mol. The number of nitrogens with one attached hydrogen (secondary N) is 1. The van der Waals surface area contributed by atoms with E-state index >= 15 is 0 Å². The molecule has 19 heavy (non-hydrogen) atoms. The Kier molecular flexibility index (Phi) is 4.87. The van der Waals surface area contributed by atoms with E-state index < -0.39 is 0 Å². The second-order valence-electron chi connectivity index (χ2n) is 5.20. The van der Waals surface area contributed by atoms with E-state index in [-0.39, 0.29) is 11.9 Å². The first-order valence-electron chi connectivity index (χ1n) is 6.80. The first-order valence-corrected chi connectivity index (χ1v) is 6.80. The number of likely N-dealkylation sites (N-methyl/N-ethyl adjacent to an activating group) is 1. The smallest absolute Gasteiger partial charge is 0.253 e. The van der Waals surface area contributed by atoms with Crippen molar-refractivity contribution in [3.63, 3.8) is 0 Å². The van der Waals surface area contributed by atoms with Crippen molar-refractivity contribution in [2.24, 2.45) is 11.7 Å². The molecule has 1 aromatic heterocycles. The van der Waals surface area contributed by atoms with Gasteiger partial charge in [-0.05, 0) is 37.9 Å². The number of likely N-dealkylation sites (tertiary alicyclic amines) is 1. The number of rotatable bonds is 5. The third kappa shape index (κ3) is 3.75. The molecule has 5 heteroatoms. The van der Waals surface area contributed by atoms with E-state index in [9.17, 15) is 4.79 Å². The summed E-state index contributed by atoms with van der Waals surface area (Å²) < 4.78 is 0. The van der Waals surface area contributed by atoms with Gasteiger partial charge in [-0.1, -0.05) is 0 Å². The van der Waals surface area contributed by atoms with Crippen molar-refractivity contribution in [1.29, 1.82) is 0 Å². The van der Waals surface area contributed by atoms with Crippen LogP contribution in [0, 0.1) is 5.92 Å². The molecule has 1 aliphatic rings. The van der Waals surface area contributed by atoms with Crippen LogP contribution in [0.2, 0.25) is 0 Å². The summed E-state index contributed by atoms with van der Waals surface area (Å²) in [5.41, 5.74) is 6.74. The maximum atomic E-state index is 12.3. The number of nitrogens with two attached hydrogens (primary N) is 1. The molecular formula is C14H22N4O. The molecule has 3 N–H and O–H groups in total. The van der Waals surface area contributed by atoms with Gasteiger partial charge in [-0.2, -0.15) is 0 Å². The Morgan fingerprint density at radius 1 is 1.58 bits per heavy atom. The highest BCUT2D eigenvalue weighted by atomic mass is 16.2. The van der Waals surface area contributed by atoms with Crippen molar-refractivity contribution in [2.75, 3.05) is 26.7 Å². The number of nitrogens with zero attached hydrogens (tertiary/aromatic N) is 2. The van der Waals surface area contributed by atoms with E-state index in [1.807, 2.05) is 11.9 Å². The summed E-state index contributed by atoms with van der Waals surface area (Å²) in [4.78, 5) is 18.1. The predicted octanol–water partition coefficient (Wildman–Crippen LogP) is 0.481. The quantitative estimate of drug-likeness (QED) is 0.809. The van der Waals surface area contributed by atoms with E-state index in [0.717, 1.165) is 38.0 Å². The molecule has 1 aliphatic heterocycles. The molecule has 104 valence electrons. The lowest BCUT2D eigenvalue weighted by molar-refractivity contribution is 0.0786. The lowest BCUT2D eigenvalue weighted by atomic mass is 9.99. The molecule has 2 heterocycles. The second-order valence-corrected chi connectivity index (χ2v) is 5.20. The molecule has 2 rings (SSSR count). The Morgan fingerprint density at radius 3 is 3.00 bits per heavy atom. The van der Waals surface area contributed by atoms with E-state index in [1.54, 1.807) is 24.5 Å². The van der Waals surface area contributed by atoms with Crippen LogP contribution in [0.4, 0.5) is 0 Å². The van der Waals surface area contributed by atoms with Crippen molar-refractivity contribution in [1.82, 2.24) is 15.2 Å². The van der Waals surface area contributed by atoms with Crippen LogP contribution in [-0.4, -0.2) is 48.5 Å². The highest BCUT2D eigenvalue weighted by Crippen LogP contribution is 2.22. The van der Waals surface area contributed by atoms with Crippen LogP contribution in [0.5, 0.6) is 0 Å². The highest BCUT2D eigenvalue weighted by molar-refractivity contribution is 5.94. The molecule has 1 saturated heterocycles. The number of amides is 1. The largest absolute Gasteiger partial charge is 0.338 e. The Hall–Kier alpha value is -1.46. The van der Waals surface area contributed by atoms with Gasteiger partial charge >= 0.3 is 0 Å². The van der Waals surface area contributed by atoms with Crippen molar-refractivity contribution < 1.29 is 4.79 Å². The molecule has 1 amide bonds. The third-order valence-electron chi connectivity index (χ3n) is 3.60. The van der Waals surface area contributed by atoms with Crippen LogP contribution in [-0.2, 0) is 0 Å².